The number of hydrogen-bond donors (Lipinski definition) is 2. The lowest BCUT2D eigenvalue weighted by Crippen LogP contribution is -2.43. The molecular weight excluding hydrogens is 578 g/mol. The highest BCUT2D eigenvalue weighted by Crippen LogP contribution is 2.42. The maximum absolute atomic E-state index is 11.9. The Balaban J connectivity index is 1.34. The number of nitrogens with one attached hydrogen (secondary N) is 1. The second-order valence-corrected chi connectivity index (χ2v) is 11.7. The van der Waals surface area contributed by atoms with Crippen LogP contribution in [0.3, 0.4) is 0 Å². The van der Waals surface area contributed by atoms with Crippen molar-refractivity contribution in [2.45, 2.75) is 45.0 Å². The molecule has 0 aliphatic carbocycles. The van der Waals surface area contributed by atoms with E-state index in [2.05, 4.69) is 60.0 Å². The largest absolute Gasteiger partial charge is 0.445 e. The summed E-state index contributed by atoms with van der Waals surface area (Å²) in [4.78, 5) is 18.7. The summed E-state index contributed by atoms with van der Waals surface area (Å²) in [5.74, 6) is 0.0825. The van der Waals surface area contributed by atoms with E-state index in [1.165, 1.54) is 6.08 Å². The molecule has 2 heterocycles. The van der Waals surface area contributed by atoms with E-state index in [9.17, 15) is 9.90 Å². The summed E-state index contributed by atoms with van der Waals surface area (Å²) in [6.07, 6.45) is 2.89. The molecule has 0 radical (unpaired) electrons. The highest BCUT2D eigenvalue weighted by molar-refractivity contribution is 5.68. The van der Waals surface area contributed by atoms with Gasteiger partial charge in [-0.2, -0.15) is 0 Å². The second kappa shape index (κ2) is 16.3. The number of nitrogens with zero attached hydrogens (tertiary/aromatic N) is 2. The number of amides is 1. The van der Waals surface area contributed by atoms with Crippen molar-refractivity contribution in [1.29, 1.82) is 0 Å². The number of aliphatic hydroxyl groups is 1. The molecule has 8 heteroatoms. The van der Waals surface area contributed by atoms with Crippen LogP contribution in [0.5, 0.6) is 0 Å². The normalized spacial score (nSPS) is 19.5. The van der Waals surface area contributed by atoms with Crippen molar-refractivity contribution in [2.24, 2.45) is 5.92 Å². The van der Waals surface area contributed by atoms with E-state index in [0.717, 1.165) is 58.6 Å². The molecule has 240 valence electrons. The third-order valence-corrected chi connectivity index (χ3v) is 8.28. The van der Waals surface area contributed by atoms with Crippen molar-refractivity contribution >= 4 is 6.09 Å². The molecule has 46 heavy (non-hydrogen) atoms. The molecule has 4 aromatic rings. The van der Waals surface area contributed by atoms with Gasteiger partial charge in [-0.1, -0.05) is 86.3 Å². The van der Waals surface area contributed by atoms with Gasteiger partial charge in [0, 0.05) is 49.4 Å². The Labute approximate surface area is 271 Å². The van der Waals surface area contributed by atoms with Crippen LogP contribution in [0, 0.1) is 5.92 Å². The number of benzene rings is 3. The maximum atomic E-state index is 11.9. The quantitative estimate of drug-likeness (QED) is 0.162. The first kappa shape index (κ1) is 33.0. The molecule has 1 saturated heterocycles. The minimum Gasteiger partial charge on any atom is -0.445 e. The first-order valence-electron chi connectivity index (χ1n) is 15.7. The molecule has 1 fully saturated rings. The fourth-order valence-electron chi connectivity index (χ4n) is 5.66. The highest BCUT2D eigenvalue weighted by Gasteiger charge is 2.38. The van der Waals surface area contributed by atoms with Crippen LogP contribution >= 0.6 is 0 Å². The molecule has 0 saturated carbocycles. The lowest BCUT2D eigenvalue weighted by Gasteiger charge is -2.42. The van der Waals surface area contributed by atoms with Crippen LogP contribution in [0.1, 0.15) is 47.3 Å². The summed E-state index contributed by atoms with van der Waals surface area (Å²) < 4.78 is 18.5. The van der Waals surface area contributed by atoms with Gasteiger partial charge < -0.3 is 29.5 Å². The maximum Gasteiger partial charge on any atom is 0.407 e. The van der Waals surface area contributed by atoms with Gasteiger partial charge in [0.05, 0.1) is 18.8 Å². The Morgan fingerprint density at radius 3 is 2.50 bits per heavy atom. The molecule has 1 aliphatic rings. The third-order valence-electron chi connectivity index (χ3n) is 8.28. The molecule has 0 spiro atoms. The van der Waals surface area contributed by atoms with Gasteiger partial charge in [-0.15, -0.1) is 0 Å². The fourth-order valence-corrected chi connectivity index (χ4v) is 5.66. The monoisotopic (exact) mass is 621 g/mol. The summed E-state index contributed by atoms with van der Waals surface area (Å²) in [5.41, 5.74) is 6.92. The van der Waals surface area contributed by atoms with Gasteiger partial charge in [0.2, 0.25) is 0 Å². The molecule has 5 rings (SSSR count). The van der Waals surface area contributed by atoms with Crippen molar-refractivity contribution in [1.82, 2.24) is 15.2 Å². The number of alkyl carbamates (subject to hydrolysis) is 1. The van der Waals surface area contributed by atoms with Gasteiger partial charge in [-0.05, 0) is 59.1 Å². The first-order valence-corrected chi connectivity index (χ1v) is 15.7. The number of carbonyl (C=O) groups excluding carboxylic acids is 1. The number of aliphatic hydroxyl groups excluding tert-OH is 1. The van der Waals surface area contributed by atoms with Crippen molar-refractivity contribution in [3.63, 3.8) is 0 Å². The van der Waals surface area contributed by atoms with Crippen LogP contribution in [-0.4, -0.2) is 53.9 Å². The standard InChI is InChI=1S/C38H43N3O5/c1-4-21-44-38(43)40-24-29-9-7-10-31(22-29)32-11-8-12-33(23-32)37-45-35(25-41(3)20-18-34-13-5-6-19-39-34)27(2)36(46-37)30-16-14-28(26-42)15-17-30/h4-17,19,22-23,27,35-37,42H,1,18,20-21,24-26H2,2-3H3,(H,40,43)/t27-,35+,36+,37+/m0/s1. The number of rotatable bonds is 13. The Bertz CT molecular complexity index is 1560. The zero-order chi connectivity index (χ0) is 32.3. The Kier molecular flexibility index (Phi) is 11.7. The Morgan fingerprint density at radius 1 is 0.978 bits per heavy atom. The highest BCUT2D eigenvalue weighted by atomic mass is 16.7. The van der Waals surface area contributed by atoms with Crippen molar-refractivity contribution < 1.29 is 24.1 Å². The van der Waals surface area contributed by atoms with Gasteiger partial charge in [-0.3, -0.25) is 4.98 Å². The van der Waals surface area contributed by atoms with E-state index >= 15 is 0 Å². The van der Waals surface area contributed by atoms with Crippen LogP contribution in [0.15, 0.2) is 110 Å². The molecule has 1 aliphatic heterocycles. The van der Waals surface area contributed by atoms with Crippen LogP contribution in [-0.2, 0) is 33.8 Å². The van der Waals surface area contributed by atoms with E-state index < -0.39 is 12.4 Å². The van der Waals surface area contributed by atoms with Gasteiger partial charge in [0.25, 0.3) is 0 Å². The molecule has 2 N–H and O–H groups in total. The molecule has 1 amide bonds. The number of carbonyl (C=O) groups is 1. The van der Waals surface area contributed by atoms with E-state index in [4.69, 9.17) is 14.2 Å². The minimum atomic E-state index is -0.572. The minimum absolute atomic E-state index is 0.000235. The summed E-state index contributed by atoms with van der Waals surface area (Å²) in [6, 6.07) is 30.3. The zero-order valence-electron chi connectivity index (χ0n) is 26.5. The lowest BCUT2D eigenvalue weighted by atomic mass is 9.90. The van der Waals surface area contributed by atoms with Gasteiger partial charge >= 0.3 is 6.09 Å². The van der Waals surface area contributed by atoms with Gasteiger partial charge in [0.15, 0.2) is 6.29 Å². The molecule has 1 aromatic heterocycles. The number of ether oxygens (including phenoxy) is 3. The fraction of sp³-hybridized carbons (Fsp3) is 0.316. The smallest absolute Gasteiger partial charge is 0.407 e. The summed E-state index contributed by atoms with van der Waals surface area (Å²) in [5, 5.41) is 12.4. The van der Waals surface area contributed by atoms with E-state index in [1.807, 2.05) is 72.9 Å². The van der Waals surface area contributed by atoms with Crippen molar-refractivity contribution in [3.8, 4) is 11.1 Å². The lowest BCUT2D eigenvalue weighted by molar-refractivity contribution is -0.275. The Hall–Kier alpha value is -4.34. The second-order valence-electron chi connectivity index (χ2n) is 11.7. The number of aromatic nitrogens is 1. The number of likely N-dealkylation sites (N-methyl/N-ethyl adjacent to an activating group) is 1. The molecule has 0 unspecified atom stereocenters. The van der Waals surface area contributed by atoms with Crippen LogP contribution in [0.4, 0.5) is 4.79 Å². The van der Waals surface area contributed by atoms with E-state index in [-0.39, 0.29) is 31.3 Å². The third kappa shape index (κ3) is 8.89. The van der Waals surface area contributed by atoms with Crippen molar-refractivity contribution in [3.05, 3.63) is 138 Å². The molecule has 8 nitrogen and oxygen atoms in total. The zero-order valence-corrected chi connectivity index (χ0v) is 26.5. The summed E-state index contributed by atoms with van der Waals surface area (Å²) in [6.45, 7) is 7.86. The van der Waals surface area contributed by atoms with Gasteiger partial charge in [0.1, 0.15) is 6.61 Å². The molecule has 0 bridgehead atoms. The molecule has 3 aromatic carbocycles. The first-order chi connectivity index (χ1) is 22.4. The average Bonchev–Trinajstić information content (AvgIpc) is 3.10. The summed E-state index contributed by atoms with van der Waals surface area (Å²) >= 11 is 0. The topological polar surface area (TPSA) is 93.2 Å². The predicted octanol–water partition coefficient (Wildman–Crippen LogP) is 6.62. The van der Waals surface area contributed by atoms with Gasteiger partial charge in [-0.25, -0.2) is 4.79 Å². The SMILES string of the molecule is C=CCOC(=O)NCc1cccc(-c2cccc([C@@H]3O[C@H](CN(C)CCc4ccccn4)[C@H](C)[C@H](c4ccc(CO)cc4)O3)c2)c1. The predicted molar refractivity (Wildman–Crippen MR) is 179 cm³/mol. The Morgan fingerprint density at radius 2 is 1.76 bits per heavy atom. The van der Waals surface area contributed by atoms with Crippen LogP contribution in [0.25, 0.3) is 11.1 Å². The van der Waals surface area contributed by atoms with Crippen molar-refractivity contribution in [2.75, 3.05) is 26.7 Å². The van der Waals surface area contributed by atoms with E-state index in [0.29, 0.717) is 6.54 Å². The molecule has 4 atom stereocenters. The average molecular weight is 622 g/mol. The molecular formula is C38H43N3O5. The number of hydrogen-bond acceptors (Lipinski definition) is 7. The summed E-state index contributed by atoms with van der Waals surface area (Å²) in [7, 11) is 2.12. The van der Waals surface area contributed by atoms with Crippen LogP contribution in [0.2, 0.25) is 0 Å². The number of pyridine rings is 1. The van der Waals surface area contributed by atoms with Crippen LogP contribution < -0.4 is 5.32 Å². The van der Waals surface area contributed by atoms with E-state index in [1.54, 1.807) is 0 Å².